The van der Waals surface area contributed by atoms with Crippen molar-refractivity contribution in [1.29, 1.82) is 0 Å². The summed E-state index contributed by atoms with van der Waals surface area (Å²) in [6.07, 6.45) is 8.37. The zero-order valence-corrected chi connectivity index (χ0v) is 10.5. The Bertz CT molecular complexity index is 308. The maximum Gasteiger partial charge on any atom is 0.146 e. The molecule has 0 amide bonds. The van der Waals surface area contributed by atoms with Crippen molar-refractivity contribution in [3.8, 4) is 0 Å². The third-order valence-corrected chi connectivity index (χ3v) is 5.39. The molecule has 1 aliphatic heterocycles. The van der Waals surface area contributed by atoms with E-state index in [0.29, 0.717) is 11.2 Å². The Hall–Kier alpha value is -0.370. The number of likely N-dealkylation sites (tertiary alicyclic amines) is 1. The van der Waals surface area contributed by atoms with Crippen LogP contribution in [0, 0.1) is 17.3 Å². The monoisotopic (exact) mass is 221 g/mol. The van der Waals surface area contributed by atoms with Crippen molar-refractivity contribution < 1.29 is 4.79 Å². The normalized spacial score (nSPS) is 44.4. The van der Waals surface area contributed by atoms with Crippen molar-refractivity contribution in [2.24, 2.45) is 17.3 Å². The van der Waals surface area contributed by atoms with Gasteiger partial charge in [-0.1, -0.05) is 25.7 Å². The molecule has 2 saturated carbocycles. The van der Waals surface area contributed by atoms with Crippen LogP contribution in [0.15, 0.2) is 0 Å². The first kappa shape index (κ1) is 10.8. The Morgan fingerprint density at radius 1 is 1.25 bits per heavy atom. The van der Waals surface area contributed by atoms with Crippen molar-refractivity contribution >= 4 is 5.78 Å². The summed E-state index contributed by atoms with van der Waals surface area (Å²) in [5, 5.41) is 0. The molecule has 0 aromatic rings. The van der Waals surface area contributed by atoms with E-state index in [1.807, 2.05) is 0 Å². The van der Waals surface area contributed by atoms with Gasteiger partial charge in [-0.3, -0.25) is 9.69 Å². The van der Waals surface area contributed by atoms with E-state index in [2.05, 4.69) is 11.9 Å². The molecule has 3 aliphatic rings. The Morgan fingerprint density at radius 2 is 1.94 bits per heavy atom. The van der Waals surface area contributed by atoms with E-state index in [1.54, 1.807) is 6.92 Å². The molecule has 2 nitrogen and oxygen atoms in total. The first-order valence-corrected chi connectivity index (χ1v) is 6.83. The summed E-state index contributed by atoms with van der Waals surface area (Å²) < 4.78 is 0. The predicted molar refractivity (Wildman–Crippen MR) is 64.2 cm³/mol. The molecule has 3 atom stereocenters. The quantitative estimate of drug-likeness (QED) is 0.714. The zero-order chi connectivity index (χ0) is 11.3. The van der Waals surface area contributed by atoms with Crippen molar-refractivity contribution in [3.63, 3.8) is 0 Å². The van der Waals surface area contributed by atoms with E-state index in [4.69, 9.17) is 0 Å². The summed E-state index contributed by atoms with van der Waals surface area (Å²) in [6, 6.07) is 0.228. The Morgan fingerprint density at radius 3 is 2.50 bits per heavy atom. The van der Waals surface area contributed by atoms with E-state index in [-0.39, 0.29) is 6.04 Å². The molecule has 0 N–H and O–H groups in total. The number of Topliss-reactive ketones (excluding diaryl/α,β-unsaturated/α-hetero) is 1. The van der Waals surface area contributed by atoms with Crippen LogP contribution >= 0.6 is 0 Å². The van der Waals surface area contributed by atoms with Gasteiger partial charge in [0.2, 0.25) is 0 Å². The minimum atomic E-state index is 0.228. The summed E-state index contributed by atoms with van der Waals surface area (Å²) in [7, 11) is 2.13. The van der Waals surface area contributed by atoms with Gasteiger partial charge in [-0.15, -0.1) is 0 Å². The van der Waals surface area contributed by atoms with Crippen LogP contribution in [-0.2, 0) is 4.79 Å². The molecule has 1 spiro atoms. The van der Waals surface area contributed by atoms with Gasteiger partial charge in [0.05, 0.1) is 6.04 Å². The Labute approximate surface area is 98.4 Å². The first-order valence-electron chi connectivity index (χ1n) is 6.83. The van der Waals surface area contributed by atoms with Crippen molar-refractivity contribution in [2.45, 2.75) is 51.5 Å². The van der Waals surface area contributed by atoms with Crippen molar-refractivity contribution in [3.05, 3.63) is 0 Å². The standard InChI is InChI=1S/C14H23NO/c1-10(16)13-8-14(9-15(13)2)7-12(14)11-5-3-4-6-11/h11-13H,3-9H2,1-2H3/t12?,13?,14-/m1/s1. The number of likely N-dealkylation sites (N-methyl/N-ethyl adjacent to an activating group) is 1. The van der Waals surface area contributed by atoms with E-state index in [9.17, 15) is 4.79 Å². The topological polar surface area (TPSA) is 20.3 Å². The molecule has 0 radical (unpaired) electrons. The van der Waals surface area contributed by atoms with Gasteiger partial charge in [0.15, 0.2) is 0 Å². The highest BCUT2D eigenvalue weighted by Crippen LogP contribution is 2.65. The fourth-order valence-electron chi connectivity index (χ4n) is 4.49. The van der Waals surface area contributed by atoms with E-state index in [0.717, 1.165) is 18.3 Å². The van der Waals surface area contributed by atoms with Gasteiger partial charge in [-0.25, -0.2) is 0 Å². The van der Waals surface area contributed by atoms with Crippen LogP contribution in [0.2, 0.25) is 0 Å². The molecular formula is C14H23NO. The molecule has 3 fully saturated rings. The van der Waals surface area contributed by atoms with Crippen LogP contribution in [0.5, 0.6) is 0 Å². The minimum Gasteiger partial charge on any atom is -0.298 e. The minimum absolute atomic E-state index is 0.228. The molecular weight excluding hydrogens is 198 g/mol. The SMILES string of the molecule is CC(=O)C1C[C@]2(CC2C2CCCC2)CN1C. The molecule has 3 rings (SSSR count). The van der Waals surface area contributed by atoms with E-state index < -0.39 is 0 Å². The summed E-state index contributed by atoms with van der Waals surface area (Å²) in [5.74, 6) is 2.33. The van der Waals surface area contributed by atoms with Crippen LogP contribution in [0.1, 0.15) is 45.4 Å². The van der Waals surface area contributed by atoms with Gasteiger partial charge in [0, 0.05) is 6.54 Å². The van der Waals surface area contributed by atoms with Gasteiger partial charge in [-0.05, 0) is 44.1 Å². The molecule has 0 aromatic carbocycles. The molecule has 0 aromatic heterocycles. The lowest BCUT2D eigenvalue weighted by molar-refractivity contribution is -0.120. The van der Waals surface area contributed by atoms with Gasteiger partial charge < -0.3 is 0 Å². The number of ketones is 1. The maximum absolute atomic E-state index is 11.6. The third kappa shape index (κ3) is 1.54. The highest BCUT2D eigenvalue weighted by atomic mass is 16.1. The summed E-state index contributed by atoms with van der Waals surface area (Å²) in [4.78, 5) is 13.9. The fraction of sp³-hybridized carbons (Fsp3) is 0.929. The number of hydrogen-bond donors (Lipinski definition) is 0. The molecule has 16 heavy (non-hydrogen) atoms. The number of nitrogens with zero attached hydrogens (tertiary/aromatic N) is 1. The second kappa shape index (κ2) is 3.56. The predicted octanol–water partition coefficient (Wildman–Crippen LogP) is 2.48. The molecule has 1 heterocycles. The first-order chi connectivity index (χ1) is 7.62. The van der Waals surface area contributed by atoms with Gasteiger partial charge in [0.1, 0.15) is 5.78 Å². The number of carbonyl (C=O) groups is 1. The second-order valence-electron chi connectivity index (χ2n) is 6.46. The summed E-state index contributed by atoms with van der Waals surface area (Å²) >= 11 is 0. The van der Waals surface area contributed by atoms with Crippen LogP contribution in [0.3, 0.4) is 0 Å². The van der Waals surface area contributed by atoms with Crippen LogP contribution in [0.4, 0.5) is 0 Å². The average molecular weight is 221 g/mol. The van der Waals surface area contributed by atoms with Crippen LogP contribution in [-0.4, -0.2) is 30.3 Å². The largest absolute Gasteiger partial charge is 0.298 e. The van der Waals surface area contributed by atoms with Crippen molar-refractivity contribution in [2.75, 3.05) is 13.6 Å². The van der Waals surface area contributed by atoms with Crippen LogP contribution < -0.4 is 0 Å². The lowest BCUT2D eigenvalue weighted by atomic mass is 9.91. The molecule has 0 bridgehead atoms. The third-order valence-electron chi connectivity index (χ3n) is 5.39. The molecule has 90 valence electrons. The molecule has 2 aliphatic carbocycles. The number of hydrogen-bond acceptors (Lipinski definition) is 2. The summed E-state index contributed by atoms with van der Waals surface area (Å²) in [6.45, 7) is 2.94. The number of carbonyl (C=O) groups excluding carboxylic acids is 1. The Kier molecular flexibility index (Phi) is 2.39. The molecule has 1 saturated heterocycles. The Balaban J connectivity index is 1.67. The highest BCUT2D eigenvalue weighted by Gasteiger charge is 2.62. The van der Waals surface area contributed by atoms with E-state index in [1.165, 1.54) is 38.6 Å². The summed E-state index contributed by atoms with van der Waals surface area (Å²) in [5.41, 5.74) is 0.556. The molecule has 2 heteroatoms. The lowest BCUT2D eigenvalue weighted by Gasteiger charge is -2.15. The second-order valence-corrected chi connectivity index (χ2v) is 6.46. The van der Waals surface area contributed by atoms with Gasteiger partial charge in [0.25, 0.3) is 0 Å². The van der Waals surface area contributed by atoms with Crippen LogP contribution in [0.25, 0.3) is 0 Å². The zero-order valence-electron chi connectivity index (χ0n) is 10.5. The molecule has 2 unspecified atom stereocenters. The van der Waals surface area contributed by atoms with Gasteiger partial charge in [-0.2, -0.15) is 0 Å². The lowest BCUT2D eigenvalue weighted by Crippen LogP contribution is -2.30. The maximum atomic E-state index is 11.6. The smallest absolute Gasteiger partial charge is 0.146 e. The van der Waals surface area contributed by atoms with Crippen molar-refractivity contribution in [1.82, 2.24) is 4.90 Å². The fourth-order valence-corrected chi connectivity index (χ4v) is 4.49. The average Bonchev–Trinajstić information content (AvgIpc) is 2.67. The highest BCUT2D eigenvalue weighted by molar-refractivity contribution is 5.82. The number of rotatable bonds is 2. The van der Waals surface area contributed by atoms with Gasteiger partial charge >= 0.3 is 0 Å². The van der Waals surface area contributed by atoms with E-state index >= 15 is 0 Å².